The van der Waals surface area contributed by atoms with Gasteiger partial charge >= 0.3 is 6.18 Å². The van der Waals surface area contributed by atoms with Crippen molar-refractivity contribution in [2.75, 3.05) is 26.7 Å². The highest BCUT2D eigenvalue weighted by molar-refractivity contribution is 8.18. The first kappa shape index (κ1) is 24.2. The number of hydrogen-bond donors (Lipinski definition) is 1. The second kappa shape index (κ2) is 9.71. The van der Waals surface area contributed by atoms with Crippen LogP contribution < -0.4 is 14.8 Å². The van der Waals surface area contributed by atoms with Crippen molar-refractivity contribution < 1.29 is 32.2 Å². The zero-order valence-corrected chi connectivity index (χ0v) is 19.0. The van der Waals surface area contributed by atoms with E-state index >= 15 is 0 Å². The fraction of sp³-hybridized carbons (Fsp3) is 0.217. The molecule has 180 valence electrons. The number of nitrogens with one attached hydrogen (secondary N) is 1. The topological polar surface area (TPSA) is 104 Å². The summed E-state index contributed by atoms with van der Waals surface area (Å²) in [4.78, 5) is 30.0. The first-order valence-corrected chi connectivity index (χ1v) is 11.0. The Bertz CT molecular complexity index is 1300. The van der Waals surface area contributed by atoms with Crippen molar-refractivity contribution in [2.45, 2.75) is 6.18 Å². The molecule has 1 fully saturated rings. The molecule has 1 saturated heterocycles. The van der Waals surface area contributed by atoms with E-state index in [1.807, 2.05) is 0 Å². The molecule has 2 heterocycles. The molecule has 0 bridgehead atoms. The predicted octanol–water partition coefficient (Wildman–Crippen LogP) is 3.78. The number of nitrogens with zero attached hydrogens (tertiary/aromatic N) is 3. The standard InChI is InChI=1S/C23H17F3N4O4S/c1-33-18-9-13(10-19-21(32)29-22(35-19)30-7-6-28-20(31)12-30)2-5-17(18)34-16-4-3-14(11-27)8-15(16)23(24,25)26/h2-5,8-10H,6-7,12H2,1H3,(H,28,31)/b19-10+. The van der Waals surface area contributed by atoms with E-state index in [2.05, 4.69) is 10.3 Å². The van der Waals surface area contributed by atoms with Gasteiger partial charge in [-0.05, 0) is 53.7 Å². The summed E-state index contributed by atoms with van der Waals surface area (Å²) in [5.41, 5.74) is -0.702. The Kier molecular flexibility index (Phi) is 6.70. The van der Waals surface area contributed by atoms with Crippen molar-refractivity contribution in [3.63, 3.8) is 0 Å². The normalized spacial score (nSPS) is 17.2. The summed E-state index contributed by atoms with van der Waals surface area (Å²) < 4.78 is 51.2. The van der Waals surface area contributed by atoms with E-state index in [0.717, 1.165) is 17.8 Å². The van der Waals surface area contributed by atoms with E-state index in [9.17, 15) is 22.8 Å². The number of amidine groups is 1. The number of rotatable bonds is 4. The molecule has 35 heavy (non-hydrogen) atoms. The number of ether oxygens (including phenoxy) is 2. The van der Waals surface area contributed by atoms with Crippen molar-refractivity contribution in [3.05, 3.63) is 58.0 Å². The quantitative estimate of drug-likeness (QED) is 0.635. The fourth-order valence-corrected chi connectivity index (χ4v) is 4.31. The first-order chi connectivity index (χ1) is 16.7. The number of amides is 2. The third kappa shape index (κ3) is 5.41. The lowest BCUT2D eigenvalue weighted by atomic mass is 10.1. The molecule has 0 spiro atoms. The molecule has 2 aliphatic rings. The zero-order chi connectivity index (χ0) is 25.2. The second-order valence-electron chi connectivity index (χ2n) is 7.41. The number of benzene rings is 2. The number of piperazine rings is 1. The smallest absolute Gasteiger partial charge is 0.420 e. The maximum Gasteiger partial charge on any atom is 0.420 e. The number of carbonyl (C=O) groups excluding carboxylic acids is 2. The van der Waals surface area contributed by atoms with Crippen LogP contribution in [0.5, 0.6) is 17.2 Å². The molecule has 0 aliphatic carbocycles. The molecule has 12 heteroatoms. The maximum atomic E-state index is 13.5. The summed E-state index contributed by atoms with van der Waals surface area (Å²) in [7, 11) is 1.33. The minimum atomic E-state index is -4.73. The van der Waals surface area contributed by atoms with Gasteiger partial charge in [0.2, 0.25) is 5.91 Å². The van der Waals surface area contributed by atoms with Crippen molar-refractivity contribution in [1.82, 2.24) is 10.2 Å². The molecule has 0 saturated carbocycles. The van der Waals surface area contributed by atoms with E-state index in [1.165, 1.54) is 25.3 Å². The minimum absolute atomic E-state index is 0.0199. The number of nitriles is 1. The van der Waals surface area contributed by atoms with Crippen LogP contribution in [0.4, 0.5) is 13.2 Å². The van der Waals surface area contributed by atoms with Crippen LogP contribution in [0, 0.1) is 11.3 Å². The van der Waals surface area contributed by atoms with Gasteiger partial charge in [-0.3, -0.25) is 9.59 Å². The molecule has 2 aliphatic heterocycles. The summed E-state index contributed by atoms with van der Waals surface area (Å²) in [5.74, 6) is -0.929. The Morgan fingerprint density at radius 2 is 1.94 bits per heavy atom. The first-order valence-electron chi connectivity index (χ1n) is 10.2. The lowest BCUT2D eigenvalue weighted by Gasteiger charge is -2.27. The van der Waals surface area contributed by atoms with Crippen molar-refractivity contribution in [1.29, 1.82) is 5.26 Å². The Hall–Kier alpha value is -3.98. The second-order valence-corrected chi connectivity index (χ2v) is 8.42. The highest BCUT2D eigenvalue weighted by Crippen LogP contribution is 2.41. The average Bonchev–Trinajstić information content (AvgIpc) is 3.19. The molecule has 0 aromatic heterocycles. The van der Waals surface area contributed by atoms with Gasteiger partial charge in [0.1, 0.15) is 5.75 Å². The van der Waals surface area contributed by atoms with Crippen molar-refractivity contribution in [3.8, 4) is 23.3 Å². The SMILES string of the molecule is COc1cc(/C=C2/SC(N3CCNC(=O)C3)=NC2=O)ccc1Oc1ccc(C#N)cc1C(F)(F)F. The Labute approximate surface area is 202 Å². The molecular formula is C23H17F3N4O4S. The highest BCUT2D eigenvalue weighted by atomic mass is 32.2. The van der Waals surface area contributed by atoms with Gasteiger partial charge in [-0.1, -0.05) is 6.07 Å². The minimum Gasteiger partial charge on any atom is -0.493 e. The van der Waals surface area contributed by atoms with Gasteiger partial charge in [0, 0.05) is 13.1 Å². The summed E-state index contributed by atoms with van der Waals surface area (Å²) in [5, 5.41) is 12.1. The largest absolute Gasteiger partial charge is 0.493 e. The average molecular weight is 502 g/mol. The van der Waals surface area contributed by atoms with Crippen LogP contribution in [0.25, 0.3) is 6.08 Å². The van der Waals surface area contributed by atoms with Crippen LogP contribution in [0.1, 0.15) is 16.7 Å². The van der Waals surface area contributed by atoms with Crippen LogP contribution in [0.15, 0.2) is 46.3 Å². The third-order valence-corrected chi connectivity index (χ3v) is 6.08. The highest BCUT2D eigenvalue weighted by Gasteiger charge is 2.35. The number of carbonyl (C=O) groups is 2. The number of halogens is 3. The van der Waals surface area contributed by atoms with Gasteiger partial charge in [-0.25, -0.2) is 0 Å². The van der Waals surface area contributed by atoms with E-state index in [-0.39, 0.29) is 29.5 Å². The van der Waals surface area contributed by atoms with Gasteiger partial charge < -0.3 is 19.7 Å². The Balaban J connectivity index is 1.56. The van der Waals surface area contributed by atoms with Crippen LogP contribution in [-0.2, 0) is 15.8 Å². The Morgan fingerprint density at radius 3 is 2.63 bits per heavy atom. The molecule has 8 nitrogen and oxygen atoms in total. The Morgan fingerprint density at radius 1 is 1.17 bits per heavy atom. The summed E-state index contributed by atoms with van der Waals surface area (Å²) in [6.07, 6.45) is -3.16. The molecule has 2 amide bonds. The van der Waals surface area contributed by atoms with Crippen molar-refractivity contribution in [2.24, 2.45) is 4.99 Å². The van der Waals surface area contributed by atoms with Gasteiger partial charge in [-0.15, -0.1) is 0 Å². The summed E-state index contributed by atoms with van der Waals surface area (Å²) >= 11 is 1.13. The summed E-state index contributed by atoms with van der Waals surface area (Å²) in [6.45, 7) is 1.11. The van der Waals surface area contributed by atoms with E-state index in [4.69, 9.17) is 14.7 Å². The molecule has 2 aromatic rings. The number of aliphatic imine (C=N–C) groups is 1. The number of alkyl halides is 3. The number of thioether (sulfide) groups is 1. The molecular weight excluding hydrogens is 485 g/mol. The van der Waals surface area contributed by atoms with Gasteiger partial charge in [-0.2, -0.15) is 23.4 Å². The lowest BCUT2D eigenvalue weighted by Crippen LogP contribution is -2.49. The predicted molar refractivity (Wildman–Crippen MR) is 122 cm³/mol. The number of hydrogen-bond acceptors (Lipinski definition) is 7. The molecule has 0 unspecified atom stereocenters. The molecule has 0 radical (unpaired) electrons. The van der Waals surface area contributed by atoms with Crippen LogP contribution in [0.3, 0.4) is 0 Å². The van der Waals surface area contributed by atoms with Crippen molar-refractivity contribution >= 4 is 34.8 Å². The molecule has 4 rings (SSSR count). The summed E-state index contributed by atoms with van der Waals surface area (Å²) in [6, 6.07) is 9.18. The van der Waals surface area contributed by atoms with E-state index < -0.39 is 23.4 Å². The van der Waals surface area contributed by atoms with Crippen LogP contribution in [0.2, 0.25) is 0 Å². The van der Waals surface area contributed by atoms with Crippen LogP contribution >= 0.6 is 11.8 Å². The fourth-order valence-electron chi connectivity index (χ4n) is 3.37. The molecule has 0 atom stereocenters. The monoisotopic (exact) mass is 502 g/mol. The maximum absolute atomic E-state index is 13.5. The van der Waals surface area contributed by atoms with Gasteiger partial charge in [0.05, 0.1) is 35.8 Å². The van der Waals surface area contributed by atoms with Gasteiger partial charge in [0.15, 0.2) is 16.7 Å². The van der Waals surface area contributed by atoms with E-state index in [0.29, 0.717) is 34.8 Å². The van der Waals surface area contributed by atoms with E-state index in [1.54, 1.807) is 23.1 Å². The molecule has 2 aromatic carbocycles. The molecule has 1 N–H and O–H groups in total. The third-order valence-electron chi connectivity index (χ3n) is 5.04. The zero-order valence-electron chi connectivity index (χ0n) is 18.2. The van der Waals surface area contributed by atoms with Gasteiger partial charge in [0.25, 0.3) is 5.91 Å². The van der Waals surface area contributed by atoms with Crippen LogP contribution in [-0.4, -0.2) is 48.6 Å². The lowest BCUT2D eigenvalue weighted by molar-refractivity contribution is -0.138. The number of methoxy groups -OCH3 is 1.